The molecule has 0 fully saturated rings. The molecule has 0 amide bonds. The van der Waals surface area contributed by atoms with E-state index in [1.807, 2.05) is 6.92 Å². The molecule has 0 bridgehead atoms. The van der Waals surface area contributed by atoms with Gasteiger partial charge >= 0.3 is 0 Å². The van der Waals surface area contributed by atoms with Crippen molar-refractivity contribution in [2.45, 2.75) is 20.0 Å². The van der Waals surface area contributed by atoms with E-state index >= 15 is 0 Å². The van der Waals surface area contributed by atoms with E-state index in [2.05, 4.69) is 0 Å². The molecule has 0 aliphatic carbocycles. The number of hydrogen-bond acceptors (Lipinski definition) is 1. The highest BCUT2D eigenvalue weighted by Crippen LogP contribution is 2.29. The van der Waals surface area contributed by atoms with Crippen LogP contribution in [0, 0.1) is 19.7 Å². The SMILES string of the molecule is Cc1ccc(C(O)c2cccc(Cl)c2C)cc1F. The van der Waals surface area contributed by atoms with E-state index in [1.54, 1.807) is 37.3 Å². The first kappa shape index (κ1) is 13.1. The fourth-order valence-corrected chi connectivity index (χ4v) is 2.06. The Balaban J connectivity index is 2.44. The molecule has 0 saturated carbocycles. The van der Waals surface area contributed by atoms with E-state index in [-0.39, 0.29) is 5.82 Å². The Morgan fingerprint density at radius 3 is 2.56 bits per heavy atom. The fraction of sp³-hybridized carbons (Fsp3) is 0.200. The molecule has 0 radical (unpaired) electrons. The predicted molar refractivity (Wildman–Crippen MR) is 71.4 cm³/mol. The monoisotopic (exact) mass is 264 g/mol. The standard InChI is InChI=1S/C15H14ClFO/c1-9-6-7-11(8-14(9)17)15(18)12-4-3-5-13(16)10(12)2/h3-8,15,18H,1-2H3. The van der Waals surface area contributed by atoms with E-state index in [0.29, 0.717) is 21.7 Å². The van der Waals surface area contributed by atoms with Gasteiger partial charge in [-0.3, -0.25) is 0 Å². The van der Waals surface area contributed by atoms with Gasteiger partial charge in [-0.1, -0.05) is 35.9 Å². The van der Waals surface area contributed by atoms with Gasteiger partial charge in [0.25, 0.3) is 0 Å². The molecule has 3 heteroatoms. The van der Waals surface area contributed by atoms with Crippen molar-refractivity contribution in [2.75, 3.05) is 0 Å². The maximum absolute atomic E-state index is 13.5. The summed E-state index contributed by atoms with van der Waals surface area (Å²) < 4.78 is 13.5. The Morgan fingerprint density at radius 1 is 1.17 bits per heavy atom. The number of rotatable bonds is 2. The van der Waals surface area contributed by atoms with E-state index in [4.69, 9.17) is 11.6 Å². The molecule has 1 N–H and O–H groups in total. The molecule has 2 rings (SSSR count). The van der Waals surface area contributed by atoms with E-state index < -0.39 is 6.10 Å². The summed E-state index contributed by atoms with van der Waals surface area (Å²) in [4.78, 5) is 0. The molecule has 2 aromatic rings. The van der Waals surface area contributed by atoms with Crippen molar-refractivity contribution in [1.82, 2.24) is 0 Å². The van der Waals surface area contributed by atoms with Crippen LogP contribution in [0.3, 0.4) is 0 Å². The van der Waals surface area contributed by atoms with Gasteiger partial charge in [0.2, 0.25) is 0 Å². The van der Waals surface area contributed by atoms with Crippen LogP contribution >= 0.6 is 11.6 Å². The quantitative estimate of drug-likeness (QED) is 0.863. The largest absolute Gasteiger partial charge is 0.384 e. The Bertz CT molecular complexity index is 581. The predicted octanol–water partition coefficient (Wildman–Crippen LogP) is 4.18. The number of aryl methyl sites for hydroxylation is 1. The van der Waals surface area contributed by atoms with Gasteiger partial charge in [0.15, 0.2) is 0 Å². The van der Waals surface area contributed by atoms with E-state index in [9.17, 15) is 9.50 Å². The summed E-state index contributed by atoms with van der Waals surface area (Å²) >= 11 is 6.02. The van der Waals surface area contributed by atoms with Crippen LogP contribution in [0.5, 0.6) is 0 Å². The third-order valence-electron chi connectivity index (χ3n) is 3.12. The molecule has 94 valence electrons. The fourth-order valence-electron chi connectivity index (χ4n) is 1.88. The second-order valence-corrected chi connectivity index (χ2v) is 4.77. The summed E-state index contributed by atoms with van der Waals surface area (Å²) in [7, 11) is 0. The second-order valence-electron chi connectivity index (χ2n) is 4.37. The zero-order valence-corrected chi connectivity index (χ0v) is 11.0. The van der Waals surface area contributed by atoms with Gasteiger partial charge in [0.05, 0.1) is 0 Å². The number of halogens is 2. The molecular weight excluding hydrogens is 251 g/mol. The lowest BCUT2D eigenvalue weighted by Crippen LogP contribution is -2.03. The molecule has 0 aromatic heterocycles. The molecule has 1 unspecified atom stereocenters. The van der Waals surface area contributed by atoms with Crippen molar-refractivity contribution in [1.29, 1.82) is 0 Å². The molecule has 0 aliphatic heterocycles. The summed E-state index contributed by atoms with van der Waals surface area (Å²) in [5.41, 5.74) is 2.61. The van der Waals surface area contributed by atoms with Gasteiger partial charge in [0, 0.05) is 5.02 Å². The lowest BCUT2D eigenvalue weighted by molar-refractivity contribution is 0.219. The zero-order chi connectivity index (χ0) is 13.3. The summed E-state index contributed by atoms with van der Waals surface area (Å²) in [6.07, 6.45) is -0.862. The minimum absolute atomic E-state index is 0.314. The van der Waals surface area contributed by atoms with Crippen molar-refractivity contribution < 1.29 is 9.50 Å². The van der Waals surface area contributed by atoms with Crippen LogP contribution < -0.4 is 0 Å². The molecule has 0 spiro atoms. The van der Waals surface area contributed by atoms with Gasteiger partial charge in [-0.05, 0) is 48.2 Å². The van der Waals surface area contributed by atoms with Gasteiger partial charge in [0.1, 0.15) is 11.9 Å². The number of hydrogen-bond donors (Lipinski definition) is 1. The molecule has 0 saturated heterocycles. The molecule has 18 heavy (non-hydrogen) atoms. The highest BCUT2D eigenvalue weighted by atomic mass is 35.5. The normalized spacial score (nSPS) is 12.5. The smallest absolute Gasteiger partial charge is 0.126 e. The van der Waals surface area contributed by atoms with Crippen LogP contribution in [0.15, 0.2) is 36.4 Å². The Kier molecular flexibility index (Phi) is 3.69. The molecule has 1 atom stereocenters. The van der Waals surface area contributed by atoms with Crippen molar-refractivity contribution in [2.24, 2.45) is 0 Å². The van der Waals surface area contributed by atoms with Crippen molar-refractivity contribution >= 4 is 11.6 Å². The third kappa shape index (κ3) is 2.40. The van der Waals surface area contributed by atoms with Crippen molar-refractivity contribution in [3.05, 3.63) is 69.5 Å². The van der Waals surface area contributed by atoms with Crippen LogP contribution in [0.4, 0.5) is 4.39 Å². The highest BCUT2D eigenvalue weighted by Gasteiger charge is 2.15. The molecule has 0 aliphatic rings. The molecule has 2 aromatic carbocycles. The van der Waals surface area contributed by atoms with Crippen molar-refractivity contribution in [3.8, 4) is 0 Å². The van der Waals surface area contributed by atoms with Gasteiger partial charge in [-0.15, -0.1) is 0 Å². The van der Waals surface area contributed by atoms with Gasteiger partial charge in [-0.25, -0.2) is 4.39 Å². The molecular formula is C15H14ClFO. The Labute approximate surface area is 111 Å². The molecule has 0 heterocycles. The lowest BCUT2D eigenvalue weighted by Gasteiger charge is -2.15. The number of benzene rings is 2. The minimum atomic E-state index is -0.862. The maximum Gasteiger partial charge on any atom is 0.126 e. The first-order valence-electron chi connectivity index (χ1n) is 5.70. The van der Waals surface area contributed by atoms with Crippen LogP contribution in [0.2, 0.25) is 5.02 Å². The zero-order valence-electron chi connectivity index (χ0n) is 10.2. The minimum Gasteiger partial charge on any atom is -0.384 e. The average Bonchev–Trinajstić information content (AvgIpc) is 2.35. The highest BCUT2D eigenvalue weighted by molar-refractivity contribution is 6.31. The topological polar surface area (TPSA) is 20.2 Å². The van der Waals surface area contributed by atoms with Crippen LogP contribution in [-0.2, 0) is 0 Å². The van der Waals surface area contributed by atoms with Crippen LogP contribution in [0.1, 0.15) is 28.4 Å². The third-order valence-corrected chi connectivity index (χ3v) is 3.53. The second kappa shape index (κ2) is 5.09. The number of aliphatic hydroxyl groups is 1. The Hall–Kier alpha value is -1.38. The Morgan fingerprint density at radius 2 is 1.89 bits per heavy atom. The van der Waals surface area contributed by atoms with E-state index in [1.165, 1.54) is 6.07 Å². The van der Waals surface area contributed by atoms with Gasteiger partial charge in [-0.2, -0.15) is 0 Å². The summed E-state index contributed by atoms with van der Waals surface area (Å²) in [6.45, 7) is 3.53. The lowest BCUT2D eigenvalue weighted by atomic mass is 9.97. The first-order chi connectivity index (χ1) is 8.50. The summed E-state index contributed by atoms with van der Waals surface area (Å²) in [6, 6.07) is 10.1. The average molecular weight is 265 g/mol. The van der Waals surface area contributed by atoms with E-state index in [0.717, 1.165) is 5.56 Å². The van der Waals surface area contributed by atoms with Crippen molar-refractivity contribution in [3.63, 3.8) is 0 Å². The van der Waals surface area contributed by atoms with Crippen LogP contribution in [-0.4, -0.2) is 5.11 Å². The van der Waals surface area contributed by atoms with Gasteiger partial charge < -0.3 is 5.11 Å². The summed E-state index contributed by atoms with van der Waals surface area (Å²) in [5, 5.41) is 10.9. The first-order valence-corrected chi connectivity index (χ1v) is 6.07. The summed E-state index contributed by atoms with van der Waals surface area (Å²) in [5.74, 6) is -0.314. The maximum atomic E-state index is 13.5. The number of aliphatic hydroxyl groups excluding tert-OH is 1. The van der Waals surface area contributed by atoms with Crippen LogP contribution in [0.25, 0.3) is 0 Å². The molecule has 1 nitrogen and oxygen atoms in total.